The normalized spacial score (nSPS) is 12.6. The Kier molecular flexibility index (Phi) is 6.32. The van der Waals surface area contributed by atoms with Crippen molar-refractivity contribution in [2.45, 2.75) is 19.9 Å². The second kappa shape index (κ2) is 10.2. The van der Waals surface area contributed by atoms with E-state index in [0.29, 0.717) is 25.3 Å². The molecular weight excluding hydrogens is 472 g/mol. The third-order valence-electron chi connectivity index (χ3n) is 6.78. The number of anilines is 1. The van der Waals surface area contributed by atoms with Gasteiger partial charge in [-0.3, -0.25) is 9.97 Å². The first-order chi connectivity index (χ1) is 18.7. The molecule has 0 radical (unpaired) electrons. The molecule has 7 nitrogen and oxygen atoms in total. The number of nitrogens with one attached hydrogen (secondary N) is 1. The summed E-state index contributed by atoms with van der Waals surface area (Å²) in [6.45, 7) is 3.08. The summed E-state index contributed by atoms with van der Waals surface area (Å²) >= 11 is 0. The summed E-state index contributed by atoms with van der Waals surface area (Å²) in [5, 5.41) is 3.08. The van der Waals surface area contributed by atoms with E-state index in [1.165, 1.54) is 0 Å². The predicted octanol–water partition coefficient (Wildman–Crippen LogP) is 6.17. The highest BCUT2D eigenvalue weighted by Gasteiger charge is 2.27. The maximum Gasteiger partial charge on any atom is 0.322 e. The predicted molar refractivity (Wildman–Crippen MR) is 148 cm³/mol. The number of urea groups is 1. The average Bonchev–Trinajstić information content (AvgIpc) is 2.98. The molecule has 7 heteroatoms. The fourth-order valence-electron chi connectivity index (χ4n) is 4.79. The van der Waals surface area contributed by atoms with Crippen LogP contribution in [0.2, 0.25) is 0 Å². The highest BCUT2D eigenvalue weighted by molar-refractivity contribution is 5.90. The number of aromatic nitrogens is 4. The highest BCUT2D eigenvalue weighted by atomic mass is 16.2. The first kappa shape index (κ1) is 23.5. The van der Waals surface area contributed by atoms with E-state index in [9.17, 15) is 4.79 Å². The Morgan fingerprint density at radius 3 is 2.37 bits per heavy atom. The Balaban J connectivity index is 1.31. The fourth-order valence-corrected chi connectivity index (χ4v) is 4.79. The van der Waals surface area contributed by atoms with Gasteiger partial charge in [-0.05, 0) is 48.4 Å². The summed E-state index contributed by atoms with van der Waals surface area (Å²) in [4.78, 5) is 33.6. The number of carbonyl (C=O) groups is 1. The van der Waals surface area contributed by atoms with Gasteiger partial charge in [0.15, 0.2) is 5.82 Å². The summed E-state index contributed by atoms with van der Waals surface area (Å²) in [5.41, 5.74) is 8.60. The molecule has 6 rings (SSSR count). The molecule has 1 aliphatic heterocycles. The van der Waals surface area contributed by atoms with Gasteiger partial charge in [0.1, 0.15) is 0 Å². The SMILES string of the molecule is Cc1ccccc1-c1nc(-c2cccnc2)nc2c1CN(C(=O)Nc1cccc(-c3cccnc3)c1)CC2. The van der Waals surface area contributed by atoms with Gasteiger partial charge < -0.3 is 10.2 Å². The number of benzene rings is 2. The molecule has 0 unspecified atom stereocenters. The molecule has 3 aromatic heterocycles. The van der Waals surface area contributed by atoms with Crippen LogP contribution < -0.4 is 5.32 Å². The maximum absolute atomic E-state index is 13.4. The lowest BCUT2D eigenvalue weighted by Crippen LogP contribution is -2.39. The van der Waals surface area contributed by atoms with E-state index in [4.69, 9.17) is 9.97 Å². The van der Waals surface area contributed by atoms with Gasteiger partial charge >= 0.3 is 6.03 Å². The Bertz CT molecular complexity index is 1600. The molecule has 0 saturated heterocycles. The second-order valence-electron chi connectivity index (χ2n) is 9.30. The first-order valence-corrected chi connectivity index (χ1v) is 12.6. The van der Waals surface area contributed by atoms with Gasteiger partial charge in [0.2, 0.25) is 0 Å². The lowest BCUT2D eigenvalue weighted by atomic mass is 9.96. The van der Waals surface area contributed by atoms with Crippen molar-refractivity contribution in [1.82, 2.24) is 24.8 Å². The maximum atomic E-state index is 13.4. The van der Waals surface area contributed by atoms with Crippen LogP contribution in [-0.4, -0.2) is 37.4 Å². The Hall–Kier alpha value is -4.91. The van der Waals surface area contributed by atoms with Crippen LogP contribution >= 0.6 is 0 Å². The zero-order chi connectivity index (χ0) is 25.9. The zero-order valence-corrected chi connectivity index (χ0v) is 21.0. The van der Waals surface area contributed by atoms with Gasteiger partial charge in [-0.15, -0.1) is 0 Å². The van der Waals surface area contributed by atoms with Crippen LogP contribution in [-0.2, 0) is 13.0 Å². The third-order valence-corrected chi connectivity index (χ3v) is 6.78. The number of aryl methyl sites for hydroxylation is 1. The van der Waals surface area contributed by atoms with Crippen LogP contribution in [0.15, 0.2) is 97.6 Å². The number of carbonyl (C=O) groups excluding carboxylic acids is 1. The quantitative estimate of drug-likeness (QED) is 0.321. The molecule has 1 N–H and O–H groups in total. The molecular formula is C31H26N6O. The number of hydrogen-bond donors (Lipinski definition) is 1. The molecule has 0 fully saturated rings. The van der Waals surface area contributed by atoms with Crippen LogP contribution in [0.5, 0.6) is 0 Å². The first-order valence-electron chi connectivity index (χ1n) is 12.6. The summed E-state index contributed by atoms with van der Waals surface area (Å²) in [5.74, 6) is 0.653. The Labute approximate surface area is 221 Å². The summed E-state index contributed by atoms with van der Waals surface area (Å²) in [6, 6.07) is 23.6. The van der Waals surface area contributed by atoms with Crippen molar-refractivity contribution in [2.75, 3.05) is 11.9 Å². The molecule has 5 aromatic rings. The van der Waals surface area contributed by atoms with E-state index >= 15 is 0 Å². The number of rotatable bonds is 4. The zero-order valence-electron chi connectivity index (χ0n) is 21.0. The molecule has 2 aromatic carbocycles. The van der Waals surface area contributed by atoms with E-state index in [1.54, 1.807) is 18.6 Å². The number of nitrogens with zero attached hydrogens (tertiary/aromatic N) is 5. The number of amides is 2. The van der Waals surface area contributed by atoms with E-state index < -0.39 is 0 Å². The van der Waals surface area contributed by atoms with Crippen molar-refractivity contribution in [3.8, 4) is 33.8 Å². The van der Waals surface area contributed by atoms with Crippen molar-refractivity contribution in [2.24, 2.45) is 0 Å². The smallest absolute Gasteiger partial charge is 0.320 e. The summed E-state index contributed by atoms with van der Waals surface area (Å²) in [7, 11) is 0. The van der Waals surface area contributed by atoms with Gasteiger partial charge in [-0.25, -0.2) is 14.8 Å². The van der Waals surface area contributed by atoms with E-state index in [1.807, 2.05) is 71.8 Å². The monoisotopic (exact) mass is 498 g/mol. The van der Waals surface area contributed by atoms with Crippen LogP contribution in [0, 0.1) is 6.92 Å². The Morgan fingerprint density at radius 1 is 0.842 bits per heavy atom. The lowest BCUT2D eigenvalue weighted by Gasteiger charge is -2.30. The average molecular weight is 499 g/mol. The lowest BCUT2D eigenvalue weighted by molar-refractivity contribution is 0.206. The molecule has 1 aliphatic rings. The molecule has 4 heterocycles. The topological polar surface area (TPSA) is 83.9 Å². The molecule has 2 amide bonds. The number of pyridine rings is 2. The molecule has 0 bridgehead atoms. The van der Waals surface area contributed by atoms with Gasteiger partial charge in [0.05, 0.1) is 17.9 Å². The van der Waals surface area contributed by atoms with Crippen molar-refractivity contribution in [1.29, 1.82) is 0 Å². The van der Waals surface area contributed by atoms with Gasteiger partial charge in [-0.1, -0.05) is 42.5 Å². The van der Waals surface area contributed by atoms with E-state index in [-0.39, 0.29) is 6.03 Å². The number of hydrogen-bond acceptors (Lipinski definition) is 5. The van der Waals surface area contributed by atoms with Gasteiger partial charge in [0.25, 0.3) is 0 Å². The van der Waals surface area contributed by atoms with Crippen molar-refractivity contribution < 1.29 is 4.79 Å². The molecule has 0 atom stereocenters. The van der Waals surface area contributed by atoms with Gasteiger partial charge in [-0.2, -0.15) is 0 Å². The highest BCUT2D eigenvalue weighted by Crippen LogP contribution is 2.32. The largest absolute Gasteiger partial charge is 0.322 e. The minimum Gasteiger partial charge on any atom is -0.320 e. The van der Waals surface area contributed by atoms with E-state index in [2.05, 4.69) is 34.3 Å². The third kappa shape index (κ3) is 4.74. The van der Waals surface area contributed by atoms with E-state index in [0.717, 1.165) is 50.5 Å². The van der Waals surface area contributed by atoms with Crippen LogP contribution in [0.25, 0.3) is 33.8 Å². The Morgan fingerprint density at radius 2 is 1.61 bits per heavy atom. The molecule has 38 heavy (non-hydrogen) atoms. The van der Waals surface area contributed by atoms with Crippen LogP contribution in [0.1, 0.15) is 16.8 Å². The van der Waals surface area contributed by atoms with Gasteiger partial charge in [0, 0.05) is 65.7 Å². The minimum absolute atomic E-state index is 0.147. The van der Waals surface area contributed by atoms with Crippen LogP contribution in [0.4, 0.5) is 10.5 Å². The number of fused-ring (bicyclic) bond motifs is 1. The summed E-state index contributed by atoms with van der Waals surface area (Å²) < 4.78 is 0. The van der Waals surface area contributed by atoms with Crippen molar-refractivity contribution in [3.05, 3.63) is 114 Å². The fraction of sp³-hybridized carbons (Fsp3) is 0.129. The standard InChI is InChI=1S/C31H26N6O/c1-21-7-2-3-12-26(21)29-27-20-37(16-13-28(27)35-30(36-29)24-10-6-15-33-19-24)31(38)34-25-11-4-8-22(17-25)23-9-5-14-32-18-23/h2-12,14-15,17-19H,13,16,20H2,1H3,(H,34,38). The van der Waals surface area contributed by atoms with Crippen molar-refractivity contribution in [3.63, 3.8) is 0 Å². The molecule has 0 aliphatic carbocycles. The molecule has 0 saturated carbocycles. The van der Waals surface area contributed by atoms with Crippen LogP contribution in [0.3, 0.4) is 0 Å². The van der Waals surface area contributed by atoms with Crippen molar-refractivity contribution >= 4 is 11.7 Å². The summed E-state index contributed by atoms with van der Waals surface area (Å²) in [6.07, 6.45) is 7.74. The minimum atomic E-state index is -0.147. The second-order valence-corrected chi connectivity index (χ2v) is 9.30. The molecule has 0 spiro atoms. The molecule has 186 valence electrons.